The van der Waals surface area contributed by atoms with Crippen molar-refractivity contribution in [3.05, 3.63) is 54.5 Å². The van der Waals surface area contributed by atoms with Crippen LogP contribution in [0.4, 0.5) is 10.5 Å². The Morgan fingerprint density at radius 1 is 1.30 bits per heavy atom. The molecular weight excluding hydrogens is 294 g/mol. The zero-order chi connectivity index (χ0) is 16.2. The Bertz CT molecular complexity index is 670. The lowest BCUT2D eigenvalue weighted by molar-refractivity contribution is -0.117. The average Bonchev–Trinajstić information content (AvgIpc) is 3.18. The molecule has 0 aliphatic carbocycles. The molecule has 6 nitrogen and oxygen atoms in total. The molecular formula is C17H19N3O3. The van der Waals surface area contributed by atoms with E-state index in [2.05, 4.69) is 5.32 Å². The van der Waals surface area contributed by atoms with Crippen LogP contribution in [0.25, 0.3) is 0 Å². The Kier molecular flexibility index (Phi) is 4.32. The number of para-hydroxylation sites is 1. The molecule has 3 rings (SSSR count). The van der Waals surface area contributed by atoms with Crippen molar-refractivity contribution in [1.29, 1.82) is 0 Å². The molecule has 1 unspecified atom stereocenters. The molecule has 1 atom stereocenters. The van der Waals surface area contributed by atoms with Gasteiger partial charge in [0, 0.05) is 25.7 Å². The number of nitrogens with zero attached hydrogens (tertiary/aromatic N) is 2. The normalized spacial score (nSPS) is 17.3. The second-order valence-electron chi connectivity index (χ2n) is 5.63. The van der Waals surface area contributed by atoms with Crippen LogP contribution in [0.5, 0.6) is 0 Å². The summed E-state index contributed by atoms with van der Waals surface area (Å²) >= 11 is 0. The van der Waals surface area contributed by atoms with E-state index in [0.717, 1.165) is 11.4 Å². The van der Waals surface area contributed by atoms with E-state index in [-0.39, 0.29) is 18.0 Å². The third-order valence-corrected chi connectivity index (χ3v) is 3.84. The van der Waals surface area contributed by atoms with Gasteiger partial charge in [0.05, 0.1) is 18.8 Å². The van der Waals surface area contributed by atoms with Gasteiger partial charge in [-0.25, -0.2) is 4.79 Å². The Morgan fingerprint density at radius 3 is 2.78 bits per heavy atom. The number of benzene rings is 1. The lowest BCUT2D eigenvalue weighted by Crippen LogP contribution is -2.43. The summed E-state index contributed by atoms with van der Waals surface area (Å²) in [7, 11) is 1.70. The summed E-state index contributed by atoms with van der Waals surface area (Å²) in [6, 6.07) is 12.7. The summed E-state index contributed by atoms with van der Waals surface area (Å²) in [6.45, 7) is 0.880. The zero-order valence-corrected chi connectivity index (χ0v) is 12.9. The second-order valence-corrected chi connectivity index (χ2v) is 5.63. The third-order valence-electron chi connectivity index (χ3n) is 3.84. The summed E-state index contributed by atoms with van der Waals surface area (Å²) in [4.78, 5) is 27.6. The smallest absolute Gasteiger partial charge is 0.317 e. The predicted molar refractivity (Wildman–Crippen MR) is 85.9 cm³/mol. The first-order chi connectivity index (χ1) is 11.1. The van der Waals surface area contributed by atoms with Crippen LogP contribution in [0.3, 0.4) is 0 Å². The Labute approximate surface area is 134 Å². The number of amides is 3. The van der Waals surface area contributed by atoms with Gasteiger partial charge >= 0.3 is 6.03 Å². The van der Waals surface area contributed by atoms with E-state index in [1.54, 1.807) is 24.3 Å². The van der Waals surface area contributed by atoms with Gasteiger partial charge in [0.25, 0.3) is 0 Å². The molecule has 0 saturated carbocycles. The van der Waals surface area contributed by atoms with Gasteiger partial charge in [0.2, 0.25) is 5.91 Å². The molecule has 6 heteroatoms. The van der Waals surface area contributed by atoms with Crippen molar-refractivity contribution in [3.8, 4) is 0 Å². The van der Waals surface area contributed by atoms with Crippen molar-refractivity contribution in [2.24, 2.45) is 0 Å². The number of furan rings is 1. The molecule has 0 spiro atoms. The maximum atomic E-state index is 12.2. The molecule has 0 radical (unpaired) electrons. The van der Waals surface area contributed by atoms with Crippen LogP contribution in [-0.2, 0) is 11.3 Å². The number of rotatable bonds is 4. The van der Waals surface area contributed by atoms with Gasteiger partial charge in [0.1, 0.15) is 5.76 Å². The SMILES string of the molecule is CN(Cc1ccco1)C(=O)NC1CC(=O)N(c2ccccc2)C1. The van der Waals surface area contributed by atoms with Gasteiger partial charge in [-0.15, -0.1) is 0 Å². The van der Waals surface area contributed by atoms with Crippen LogP contribution in [-0.4, -0.2) is 36.5 Å². The second kappa shape index (κ2) is 6.56. The molecule has 1 fully saturated rings. The van der Waals surface area contributed by atoms with E-state index in [1.807, 2.05) is 36.4 Å². The van der Waals surface area contributed by atoms with E-state index >= 15 is 0 Å². The van der Waals surface area contributed by atoms with Gasteiger partial charge in [-0.3, -0.25) is 4.79 Å². The molecule has 120 valence electrons. The molecule has 2 heterocycles. The fourth-order valence-corrected chi connectivity index (χ4v) is 2.65. The van der Waals surface area contributed by atoms with Crippen LogP contribution in [0.1, 0.15) is 12.2 Å². The summed E-state index contributed by atoms with van der Waals surface area (Å²) in [6.07, 6.45) is 1.89. The standard InChI is InChI=1S/C17H19N3O3/c1-19(12-15-8-5-9-23-15)17(22)18-13-10-16(21)20(11-13)14-6-3-2-4-7-14/h2-9,13H,10-12H2,1H3,(H,18,22). The fraction of sp³-hybridized carbons (Fsp3) is 0.294. The molecule has 1 aliphatic heterocycles. The van der Waals surface area contributed by atoms with Gasteiger partial charge in [-0.2, -0.15) is 0 Å². The van der Waals surface area contributed by atoms with E-state index < -0.39 is 0 Å². The average molecular weight is 313 g/mol. The lowest BCUT2D eigenvalue weighted by atomic mass is 10.2. The maximum absolute atomic E-state index is 12.2. The topological polar surface area (TPSA) is 65.8 Å². The van der Waals surface area contributed by atoms with Crippen LogP contribution in [0.2, 0.25) is 0 Å². The Balaban J connectivity index is 1.56. The van der Waals surface area contributed by atoms with E-state index in [4.69, 9.17) is 4.42 Å². The fourth-order valence-electron chi connectivity index (χ4n) is 2.65. The van der Waals surface area contributed by atoms with Gasteiger partial charge in [-0.05, 0) is 24.3 Å². The van der Waals surface area contributed by atoms with Crippen LogP contribution < -0.4 is 10.2 Å². The van der Waals surface area contributed by atoms with Crippen molar-refractivity contribution in [2.45, 2.75) is 19.0 Å². The molecule has 1 N–H and O–H groups in total. The molecule has 1 saturated heterocycles. The van der Waals surface area contributed by atoms with Crippen LogP contribution in [0.15, 0.2) is 53.1 Å². The monoisotopic (exact) mass is 313 g/mol. The first-order valence-corrected chi connectivity index (χ1v) is 7.53. The van der Waals surface area contributed by atoms with Crippen molar-refractivity contribution in [2.75, 3.05) is 18.5 Å². The van der Waals surface area contributed by atoms with E-state index in [9.17, 15) is 9.59 Å². The molecule has 0 bridgehead atoms. The molecule has 23 heavy (non-hydrogen) atoms. The predicted octanol–water partition coefficient (Wildman–Crippen LogP) is 2.23. The third kappa shape index (κ3) is 3.53. The number of hydrogen-bond acceptors (Lipinski definition) is 3. The number of nitrogens with one attached hydrogen (secondary N) is 1. The van der Waals surface area contributed by atoms with E-state index in [1.165, 1.54) is 4.90 Å². The van der Waals surface area contributed by atoms with Crippen molar-refractivity contribution >= 4 is 17.6 Å². The minimum Gasteiger partial charge on any atom is -0.467 e. The summed E-state index contributed by atoms with van der Waals surface area (Å²) < 4.78 is 5.23. The van der Waals surface area contributed by atoms with Crippen molar-refractivity contribution < 1.29 is 14.0 Å². The van der Waals surface area contributed by atoms with Gasteiger partial charge in [0.15, 0.2) is 0 Å². The first kappa shape index (κ1) is 15.1. The lowest BCUT2D eigenvalue weighted by Gasteiger charge is -2.20. The first-order valence-electron chi connectivity index (χ1n) is 7.53. The Morgan fingerprint density at radius 2 is 2.09 bits per heavy atom. The highest BCUT2D eigenvalue weighted by Gasteiger charge is 2.32. The highest BCUT2D eigenvalue weighted by Crippen LogP contribution is 2.21. The molecule has 1 aromatic heterocycles. The van der Waals surface area contributed by atoms with Gasteiger partial charge < -0.3 is 19.5 Å². The van der Waals surface area contributed by atoms with E-state index in [0.29, 0.717) is 19.5 Å². The maximum Gasteiger partial charge on any atom is 0.317 e. The number of carbonyl (C=O) groups is 2. The highest BCUT2D eigenvalue weighted by molar-refractivity contribution is 5.96. The molecule has 3 amide bonds. The number of anilines is 1. The minimum atomic E-state index is -0.214. The minimum absolute atomic E-state index is 0.0233. The Hall–Kier alpha value is -2.76. The summed E-state index contributed by atoms with van der Waals surface area (Å²) in [5, 5.41) is 2.90. The number of hydrogen-bond donors (Lipinski definition) is 1. The summed E-state index contributed by atoms with van der Waals surface area (Å²) in [5.74, 6) is 0.742. The number of carbonyl (C=O) groups excluding carboxylic acids is 2. The quantitative estimate of drug-likeness (QED) is 0.941. The van der Waals surface area contributed by atoms with Crippen molar-refractivity contribution in [3.63, 3.8) is 0 Å². The van der Waals surface area contributed by atoms with Crippen LogP contribution >= 0.6 is 0 Å². The van der Waals surface area contributed by atoms with Crippen LogP contribution in [0, 0.1) is 0 Å². The highest BCUT2D eigenvalue weighted by atomic mass is 16.3. The molecule has 1 aromatic carbocycles. The van der Waals surface area contributed by atoms with Gasteiger partial charge in [-0.1, -0.05) is 18.2 Å². The molecule has 1 aliphatic rings. The van der Waals surface area contributed by atoms with Crippen molar-refractivity contribution in [1.82, 2.24) is 10.2 Å². The zero-order valence-electron chi connectivity index (χ0n) is 12.9. The number of urea groups is 1. The summed E-state index contributed by atoms with van der Waals surface area (Å²) in [5.41, 5.74) is 0.859. The largest absolute Gasteiger partial charge is 0.467 e. The molecule has 2 aromatic rings.